The van der Waals surface area contributed by atoms with Gasteiger partial charge in [-0.25, -0.2) is 0 Å². The van der Waals surface area contributed by atoms with Crippen LogP contribution in [0.2, 0.25) is 0 Å². The maximum Gasteiger partial charge on any atom is 0.0626 e. The van der Waals surface area contributed by atoms with Crippen molar-refractivity contribution in [3.05, 3.63) is 266 Å². The van der Waals surface area contributed by atoms with E-state index in [-0.39, 0.29) is 0 Å². The number of fused-ring (bicyclic) bond motifs is 6. The molecule has 0 bridgehead atoms. The standard InChI is InChI=1S/C66H48N2/c1-45-43-55(67(53-35-31-49(32-36-53)47-19-7-3-8-20-47)54-37-33-50(34-38-54)48-21-9-4-10-22-48)39-41-57(45)58-42-40-56(44-46(58)2)68-65(52-25-13-6-14-26-52)63(51-23-11-5-12-24-51)64-61-29-17-15-27-59(61)60-28-16-18-30-62(60)66(64)68/h3-44H,1-2H3. The molecular formula is C66H48N2. The zero-order chi connectivity index (χ0) is 45.6. The second-order valence-electron chi connectivity index (χ2n) is 17.8. The summed E-state index contributed by atoms with van der Waals surface area (Å²) < 4.78 is 2.54. The van der Waals surface area contributed by atoms with Crippen LogP contribution in [0.3, 0.4) is 0 Å². The fraction of sp³-hybridized carbons (Fsp3) is 0.0303. The zero-order valence-corrected chi connectivity index (χ0v) is 38.1. The first-order valence-corrected chi connectivity index (χ1v) is 23.5. The Balaban J connectivity index is 1.00. The van der Waals surface area contributed by atoms with Crippen molar-refractivity contribution < 1.29 is 0 Å². The summed E-state index contributed by atoms with van der Waals surface area (Å²) in [5.74, 6) is 0. The third-order valence-corrected chi connectivity index (χ3v) is 13.6. The molecule has 12 aromatic rings. The summed E-state index contributed by atoms with van der Waals surface area (Å²) in [6.45, 7) is 4.51. The number of hydrogen-bond acceptors (Lipinski definition) is 1. The largest absolute Gasteiger partial charge is 0.310 e. The van der Waals surface area contributed by atoms with E-state index in [2.05, 4.69) is 278 Å². The van der Waals surface area contributed by atoms with Gasteiger partial charge in [-0.15, -0.1) is 0 Å². The Hall–Kier alpha value is -8.72. The molecule has 68 heavy (non-hydrogen) atoms. The average molecular weight is 869 g/mol. The molecule has 2 heteroatoms. The van der Waals surface area contributed by atoms with Crippen LogP contribution >= 0.6 is 0 Å². The van der Waals surface area contributed by atoms with Crippen LogP contribution in [0.5, 0.6) is 0 Å². The highest BCUT2D eigenvalue weighted by atomic mass is 15.1. The Kier molecular flexibility index (Phi) is 10.3. The molecule has 0 aliphatic rings. The van der Waals surface area contributed by atoms with Gasteiger partial charge in [0.1, 0.15) is 0 Å². The van der Waals surface area contributed by atoms with Crippen LogP contribution in [0.1, 0.15) is 11.1 Å². The first-order valence-electron chi connectivity index (χ1n) is 23.5. The summed E-state index contributed by atoms with van der Waals surface area (Å²) in [6, 6.07) is 92.8. The predicted molar refractivity (Wildman–Crippen MR) is 290 cm³/mol. The minimum Gasteiger partial charge on any atom is -0.310 e. The lowest BCUT2D eigenvalue weighted by Crippen LogP contribution is -2.10. The van der Waals surface area contributed by atoms with E-state index >= 15 is 0 Å². The first-order chi connectivity index (χ1) is 33.6. The molecule has 12 rings (SSSR count). The highest BCUT2D eigenvalue weighted by Crippen LogP contribution is 2.49. The summed E-state index contributed by atoms with van der Waals surface area (Å²) in [7, 11) is 0. The van der Waals surface area contributed by atoms with Crippen LogP contribution in [-0.2, 0) is 0 Å². The number of rotatable bonds is 9. The number of hydrogen-bond donors (Lipinski definition) is 0. The van der Waals surface area contributed by atoms with E-state index in [1.165, 1.54) is 99.3 Å². The van der Waals surface area contributed by atoms with Crippen LogP contribution in [0, 0.1) is 13.8 Å². The third kappa shape index (κ3) is 7.15. The highest BCUT2D eigenvalue weighted by molar-refractivity contribution is 6.30. The summed E-state index contributed by atoms with van der Waals surface area (Å²) in [5.41, 5.74) is 20.2. The van der Waals surface area contributed by atoms with Crippen LogP contribution in [0.4, 0.5) is 17.1 Å². The topological polar surface area (TPSA) is 8.17 Å². The van der Waals surface area contributed by atoms with Gasteiger partial charge in [-0.2, -0.15) is 0 Å². The summed E-state index contributed by atoms with van der Waals surface area (Å²) >= 11 is 0. The number of aryl methyl sites for hydroxylation is 2. The number of benzene rings is 11. The molecular weight excluding hydrogens is 821 g/mol. The smallest absolute Gasteiger partial charge is 0.0626 e. The van der Waals surface area contributed by atoms with Crippen LogP contribution in [0.25, 0.3) is 93.9 Å². The molecule has 11 aromatic carbocycles. The van der Waals surface area contributed by atoms with Gasteiger partial charge in [0.05, 0.1) is 11.2 Å². The second kappa shape index (κ2) is 17.3. The Morgan fingerprint density at radius 2 is 0.706 bits per heavy atom. The minimum atomic E-state index is 1.10. The lowest BCUT2D eigenvalue weighted by Gasteiger charge is -2.27. The van der Waals surface area contributed by atoms with Crippen molar-refractivity contribution in [3.63, 3.8) is 0 Å². The Morgan fingerprint density at radius 1 is 0.309 bits per heavy atom. The molecule has 0 radical (unpaired) electrons. The van der Waals surface area contributed by atoms with Crippen molar-refractivity contribution in [3.8, 4) is 61.5 Å². The molecule has 0 aliphatic heterocycles. The molecule has 0 saturated heterocycles. The Labute approximate surface area is 398 Å². The van der Waals surface area contributed by atoms with Crippen molar-refractivity contribution in [2.45, 2.75) is 13.8 Å². The number of nitrogens with zero attached hydrogens (tertiary/aromatic N) is 2. The SMILES string of the molecule is Cc1cc(N(c2ccc(-c3ccccc3)cc2)c2ccc(-c3ccccc3)cc2)ccc1-c1ccc(-n2c(-c3ccccc3)c(-c3ccccc3)c3c4ccccc4c4ccccc4c32)cc1C. The van der Waals surface area contributed by atoms with E-state index in [9.17, 15) is 0 Å². The minimum absolute atomic E-state index is 1.10. The maximum atomic E-state index is 2.54. The summed E-state index contributed by atoms with van der Waals surface area (Å²) in [4.78, 5) is 2.37. The fourth-order valence-corrected chi connectivity index (χ4v) is 10.5. The molecule has 1 aromatic heterocycles. The normalized spacial score (nSPS) is 11.4. The highest BCUT2D eigenvalue weighted by Gasteiger charge is 2.26. The summed E-state index contributed by atoms with van der Waals surface area (Å²) in [5, 5.41) is 6.29. The monoisotopic (exact) mass is 868 g/mol. The van der Waals surface area contributed by atoms with Gasteiger partial charge in [-0.1, -0.05) is 206 Å². The van der Waals surface area contributed by atoms with Crippen molar-refractivity contribution in [2.24, 2.45) is 0 Å². The van der Waals surface area contributed by atoms with Crippen molar-refractivity contribution >= 4 is 49.5 Å². The van der Waals surface area contributed by atoms with Crippen LogP contribution in [-0.4, -0.2) is 4.57 Å². The quantitative estimate of drug-likeness (QED) is 0.131. The van der Waals surface area contributed by atoms with Gasteiger partial charge in [-0.3, -0.25) is 0 Å². The molecule has 0 fully saturated rings. The number of anilines is 3. The lowest BCUT2D eigenvalue weighted by atomic mass is 9.92. The molecule has 0 spiro atoms. The molecule has 0 unspecified atom stereocenters. The van der Waals surface area contributed by atoms with Gasteiger partial charge in [-0.05, 0) is 134 Å². The Bertz CT molecular complexity index is 3680. The van der Waals surface area contributed by atoms with Gasteiger partial charge in [0.25, 0.3) is 0 Å². The van der Waals surface area contributed by atoms with Crippen molar-refractivity contribution in [2.75, 3.05) is 4.90 Å². The van der Waals surface area contributed by atoms with E-state index in [1.807, 2.05) is 0 Å². The van der Waals surface area contributed by atoms with E-state index in [0.717, 1.165) is 22.7 Å². The van der Waals surface area contributed by atoms with Crippen LogP contribution in [0.15, 0.2) is 255 Å². The molecule has 0 aliphatic carbocycles. The first kappa shape index (κ1) is 40.8. The van der Waals surface area contributed by atoms with Gasteiger partial charge in [0, 0.05) is 39.1 Å². The molecule has 1 heterocycles. The molecule has 0 atom stereocenters. The second-order valence-corrected chi connectivity index (χ2v) is 17.8. The number of aromatic nitrogens is 1. The third-order valence-electron chi connectivity index (χ3n) is 13.6. The van der Waals surface area contributed by atoms with Gasteiger partial charge in [0.15, 0.2) is 0 Å². The Morgan fingerprint density at radius 3 is 1.22 bits per heavy atom. The van der Waals surface area contributed by atoms with E-state index in [0.29, 0.717) is 0 Å². The van der Waals surface area contributed by atoms with Gasteiger partial charge >= 0.3 is 0 Å². The van der Waals surface area contributed by atoms with E-state index in [4.69, 9.17) is 0 Å². The molecule has 0 amide bonds. The van der Waals surface area contributed by atoms with E-state index < -0.39 is 0 Å². The van der Waals surface area contributed by atoms with E-state index in [1.54, 1.807) is 0 Å². The molecule has 2 nitrogen and oxygen atoms in total. The average Bonchev–Trinajstić information content (AvgIpc) is 3.77. The fourth-order valence-electron chi connectivity index (χ4n) is 10.5. The van der Waals surface area contributed by atoms with Gasteiger partial charge < -0.3 is 9.47 Å². The van der Waals surface area contributed by atoms with Crippen LogP contribution < -0.4 is 4.90 Å². The lowest BCUT2D eigenvalue weighted by molar-refractivity contribution is 1.13. The predicted octanol–water partition coefficient (Wildman–Crippen LogP) is 18.4. The maximum absolute atomic E-state index is 2.54. The molecule has 0 saturated carbocycles. The molecule has 322 valence electrons. The summed E-state index contributed by atoms with van der Waals surface area (Å²) in [6.07, 6.45) is 0. The zero-order valence-electron chi connectivity index (χ0n) is 38.1. The molecule has 0 N–H and O–H groups in total. The van der Waals surface area contributed by atoms with Crippen molar-refractivity contribution in [1.82, 2.24) is 4.57 Å². The van der Waals surface area contributed by atoms with Crippen molar-refractivity contribution in [1.29, 1.82) is 0 Å². The van der Waals surface area contributed by atoms with Gasteiger partial charge in [0.2, 0.25) is 0 Å².